The van der Waals surface area contributed by atoms with E-state index >= 15 is 0 Å². The fraction of sp³-hybridized carbons (Fsp3) is 0.250. The normalized spacial score (nSPS) is 14.1. The van der Waals surface area contributed by atoms with Crippen molar-refractivity contribution in [3.05, 3.63) is 64.9 Å². The number of ether oxygens (including phenoxy) is 2. The molecule has 0 aliphatic carbocycles. The highest BCUT2D eigenvalue weighted by molar-refractivity contribution is 6.30. The Balaban J connectivity index is 1.34. The number of nitrogens with zero attached hydrogens (tertiary/aromatic N) is 3. The summed E-state index contributed by atoms with van der Waals surface area (Å²) >= 11 is 5.87. The van der Waals surface area contributed by atoms with Crippen LogP contribution in [0.3, 0.4) is 0 Å². The van der Waals surface area contributed by atoms with Gasteiger partial charge in [0.2, 0.25) is 5.82 Å². The minimum absolute atomic E-state index is 0.0683. The van der Waals surface area contributed by atoms with Crippen LogP contribution in [0.25, 0.3) is 11.5 Å². The molecule has 0 unspecified atom stereocenters. The minimum Gasteiger partial charge on any atom is -0.454 e. The van der Waals surface area contributed by atoms with Crippen molar-refractivity contribution < 1.29 is 18.8 Å². The largest absolute Gasteiger partial charge is 0.454 e. The molecular weight excluding hydrogens is 382 g/mol. The van der Waals surface area contributed by atoms with Crippen LogP contribution >= 0.6 is 11.6 Å². The van der Waals surface area contributed by atoms with E-state index in [-0.39, 0.29) is 6.61 Å². The lowest BCUT2D eigenvalue weighted by Gasteiger charge is -2.28. The number of carbonyl (C=O) groups excluding carboxylic acids is 1. The van der Waals surface area contributed by atoms with Crippen molar-refractivity contribution in [2.75, 3.05) is 31.2 Å². The van der Waals surface area contributed by atoms with E-state index in [2.05, 4.69) is 15.0 Å². The van der Waals surface area contributed by atoms with Gasteiger partial charge in [0.1, 0.15) is 0 Å². The molecule has 2 aromatic carbocycles. The van der Waals surface area contributed by atoms with Crippen LogP contribution in [0, 0.1) is 0 Å². The zero-order valence-corrected chi connectivity index (χ0v) is 15.8. The maximum absolute atomic E-state index is 12.3. The second-order valence-corrected chi connectivity index (χ2v) is 6.68. The van der Waals surface area contributed by atoms with E-state index in [0.29, 0.717) is 35.5 Å². The van der Waals surface area contributed by atoms with Gasteiger partial charge in [-0.25, -0.2) is 4.79 Å². The van der Waals surface area contributed by atoms with Crippen molar-refractivity contribution in [1.82, 2.24) is 10.1 Å². The average Bonchev–Trinajstić information content (AvgIpc) is 3.22. The van der Waals surface area contributed by atoms with Gasteiger partial charge >= 0.3 is 5.97 Å². The first kappa shape index (κ1) is 18.5. The van der Waals surface area contributed by atoms with Gasteiger partial charge in [-0.2, -0.15) is 4.98 Å². The number of hydrogen-bond acceptors (Lipinski definition) is 7. The standard InChI is InChI=1S/C20H18ClN3O4/c21-16-5-1-14(2-6-16)19-22-18(23-28-19)13-27-20(25)15-3-7-17(8-4-15)24-9-11-26-12-10-24/h1-8H,9-13H2. The Morgan fingerprint density at radius 3 is 2.50 bits per heavy atom. The highest BCUT2D eigenvalue weighted by atomic mass is 35.5. The van der Waals surface area contributed by atoms with Gasteiger partial charge in [0.15, 0.2) is 6.61 Å². The summed E-state index contributed by atoms with van der Waals surface area (Å²) in [6, 6.07) is 14.4. The maximum atomic E-state index is 12.3. The Labute approximate surface area is 166 Å². The molecule has 0 saturated carbocycles. The van der Waals surface area contributed by atoms with Gasteiger partial charge in [0.05, 0.1) is 18.8 Å². The number of anilines is 1. The fourth-order valence-electron chi connectivity index (χ4n) is 2.87. The molecule has 0 radical (unpaired) electrons. The maximum Gasteiger partial charge on any atom is 0.338 e. The molecule has 8 heteroatoms. The zero-order chi connectivity index (χ0) is 19.3. The second-order valence-electron chi connectivity index (χ2n) is 6.25. The predicted molar refractivity (Wildman–Crippen MR) is 103 cm³/mol. The summed E-state index contributed by atoms with van der Waals surface area (Å²) in [5.41, 5.74) is 2.28. The zero-order valence-electron chi connectivity index (χ0n) is 15.0. The summed E-state index contributed by atoms with van der Waals surface area (Å²) in [4.78, 5) is 18.7. The molecule has 1 aliphatic heterocycles. The average molecular weight is 400 g/mol. The molecule has 7 nitrogen and oxygen atoms in total. The predicted octanol–water partition coefficient (Wildman–Crippen LogP) is 3.58. The van der Waals surface area contributed by atoms with Gasteiger partial charge in [0.25, 0.3) is 5.89 Å². The molecule has 0 atom stereocenters. The molecule has 1 fully saturated rings. The molecule has 3 aromatic rings. The van der Waals surface area contributed by atoms with E-state index in [0.717, 1.165) is 24.3 Å². The molecule has 144 valence electrons. The number of rotatable bonds is 5. The first-order valence-corrected chi connectivity index (χ1v) is 9.25. The molecule has 4 rings (SSSR count). The number of esters is 1. The van der Waals surface area contributed by atoms with Crippen LogP contribution in [0.4, 0.5) is 5.69 Å². The number of morpholine rings is 1. The van der Waals surface area contributed by atoms with Crippen molar-refractivity contribution >= 4 is 23.3 Å². The van der Waals surface area contributed by atoms with Crippen LogP contribution < -0.4 is 4.90 Å². The Hall–Kier alpha value is -2.90. The van der Waals surface area contributed by atoms with Crippen molar-refractivity contribution in [2.24, 2.45) is 0 Å². The third-order valence-electron chi connectivity index (χ3n) is 4.37. The lowest BCUT2D eigenvalue weighted by molar-refractivity contribution is 0.0459. The van der Waals surface area contributed by atoms with Gasteiger partial charge in [-0.1, -0.05) is 16.8 Å². The Morgan fingerprint density at radius 1 is 1.07 bits per heavy atom. The topological polar surface area (TPSA) is 77.7 Å². The quantitative estimate of drug-likeness (QED) is 0.607. The van der Waals surface area contributed by atoms with Crippen molar-refractivity contribution in [1.29, 1.82) is 0 Å². The van der Waals surface area contributed by atoms with Crippen molar-refractivity contribution in [3.63, 3.8) is 0 Å². The first-order valence-electron chi connectivity index (χ1n) is 8.87. The molecule has 1 aromatic heterocycles. The third kappa shape index (κ3) is 4.32. The monoisotopic (exact) mass is 399 g/mol. The summed E-state index contributed by atoms with van der Waals surface area (Å²) in [7, 11) is 0. The minimum atomic E-state index is -0.439. The molecule has 28 heavy (non-hydrogen) atoms. The molecule has 1 aliphatic rings. The van der Waals surface area contributed by atoms with Crippen LogP contribution in [0.2, 0.25) is 5.02 Å². The molecule has 0 spiro atoms. The van der Waals surface area contributed by atoms with E-state index in [1.165, 1.54) is 0 Å². The van der Waals surface area contributed by atoms with Crippen LogP contribution in [-0.2, 0) is 16.1 Å². The molecule has 2 heterocycles. The highest BCUT2D eigenvalue weighted by Gasteiger charge is 2.14. The molecule has 0 N–H and O–H groups in total. The number of hydrogen-bond donors (Lipinski definition) is 0. The highest BCUT2D eigenvalue weighted by Crippen LogP contribution is 2.20. The summed E-state index contributed by atoms with van der Waals surface area (Å²) in [5.74, 6) is 0.201. The Kier molecular flexibility index (Phi) is 5.55. The SMILES string of the molecule is O=C(OCc1noc(-c2ccc(Cl)cc2)n1)c1ccc(N2CCOCC2)cc1. The van der Waals surface area contributed by atoms with E-state index in [1.54, 1.807) is 36.4 Å². The van der Waals surface area contributed by atoms with Gasteiger partial charge < -0.3 is 18.9 Å². The Morgan fingerprint density at radius 2 is 1.79 bits per heavy atom. The summed E-state index contributed by atoms with van der Waals surface area (Å²) in [6.45, 7) is 3.05. The number of carbonyl (C=O) groups is 1. The number of benzene rings is 2. The summed E-state index contributed by atoms with van der Waals surface area (Å²) in [5, 5.41) is 4.46. The van der Waals surface area contributed by atoms with Crippen LogP contribution in [-0.4, -0.2) is 42.4 Å². The summed E-state index contributed by atoms with van der Waals surface area (Å²) in [6.07, 6.45) is 0. The molecule has 1 saturated heterocycles. The fourth-order valence-corrected chi connectivity index (χ4v) is 2.99. The van der Waals surface area contributed by atoms with E-state index in [1.807, 2.05) is 12.1 Å². The smallest absolute Gasteiger partial charge is 0.338 e. The van der Waals surface area contributed by atoms with Gasteiger partial charge in [0, 0.05) is 29.4 Å². The van der Waals surface area contributed by atoms with E-state index in [4.69, 9.17) is 25.6 Å². The number of aromatic nitrogens is 2. The third-order valence-corrected chi connectivity index (χ3v) is 4.62. The number of halogens is 1. The van der Waals surface area contributed by atoms with Gasteiger partial charge in [-0.3, -0.25) is 0 Å². The lowest BCUT2D eigenvalue weighted by Crippen LogP contribution is -2.36. The summed E-state index contributed by atoms with van der Waals surface area (Å²) < 4.78 is 15.8. The van der Waals surface area contributed by atoms with Crippen molar-refractivity contribution in [2.45, 2.75) is 6.61 Å². The molecule has 0 bridgehead atoms. The van der Waals surface area contributed by atoms with E-state index < -0.39 is 5.97 Å². The van der Waals surface area contributed by atoms with Crippen LogP contribution in [0.15, 0.2) is 53.1 Å². The molecular formula is C20H18ClN3O4. The van der Waals surface area contributed by atoms with Gasteiger partial charge in [-0.05, 0) is 48.5 Å². The van der Waals surface area contributed by atoms with E-state index in [9.17, 15) is 4.79 Å². The molecule has 0 amide bonds. The van der Waals surface area contributed by atoms with Crippen LogP contribution in [0.1, 0.15) is 16.2 Å². The Bertz CT molecular complexity index is 935. The second kappa shape index (κ2) is 8.41. The van der Waals surface area contributed by atoms with Gasteiger partial charge in [-0.15, -0.1) is 0 Å². The lowest BCUT2D eigenvalue weighted by atomic mass is 10.2. The van der Waals surface area contributed by atoms with Crippen molar-refractivity contribution in [3.8, 4) is 11.5 Å². The van der Waals surface area contributed by atoms with Crippen LogP contribution in [0.5, 0.6) is 0 Å². The first-order chi connectivity index (χ1) is 13.7.